The maximum Gasteiger partial charge on any atom is 0.0492 e. The summed E-state index contributed by atoms with van der Waals surface area (Å²) >= 11 is 0. The Labute approximate surface area is 108 Å². The third kappa shape index (κ3) is 3.42. The van der Waals surface area contributed by atoms with E-state index in [9.17, 15) is 0 Å². The molecule has 0 saturated carbocycles. The van der Waals surface area contributed by atoms with E-state index in [2.05, 4.69) is 40.9 Å². The lowest BCUT2D eigenvalue weighted by molar-refractivity contribution is 0.484. The van der Waals surface area contributed by atoms with E-state index < -0.39 is 0 Å². The van der Waals surface area contributed by atoms with Gasteiger partial charge >= 0.3 is 0 Å². The minimum absolute atomic E-state index is 0.294. The van der Waals surface area contributed by atoms with Crippen molar-refractivity contribution in [2.24, 2.45) is 12.9 Å². The Kier molecular flexibility index (Phi) is 4.50. The Morgan fingerprint density at radius 2 is 2.06 bits per heavy atom. The van der Waals surface area contributed by atoms with Gasteiger partial charge in [-0.2, -0.15) is 5.10 Å². The molecule has 96 valence electrons. The Bertz CT molecular complexity index is 464. The van der Waals surface area contributed by atoms with E-state index in [1.807, 2.05) is 24.0 Å². The first-order valence-electron chi connectivity index (χ1n) is 6.26. The summed E-state index contributed by atoms with van der Waals surface area (Å²) in [5, 5.41) is 4.17. The van der Waals surface area contributed by atoms with Crippen molar-refractivity contribution in [1.29, 1.82) is 0 Å². The van der Waals surface area contributed by atoms with Gasteiger partial charge in [0.05, 0.1) is 0 Å². The van der Waals surface area contributed by atoms with Crippen LogP contribution in [0.25, 0.3) is 0 Å². The van der Waals surface area contributed by atoms with E-state index in [1.165, 1.54) is 11.3 Å². The third-order valence-electron chi connectivity index (χ3n) is 3.23. The van der Waals surface area contributed by atoms with Gasteiger partial charge in [0.1, 0.15) is 0 Å². The van der Waals surface area contributed by atoms with Crippen molar-refractivity contribution in [3.8, 4) is 0 Å². The zero-order chi connectivity index (χ0) is 12.8. The summed E-state index contributed by atoms with van der Waals surface area (Å²) in [7, 11) is 1.97. The highest BCUT2D eigenvalue weighted by atomic mass is 15.3. The number of benzene rings is 1. The van der Waals surface area contributed by atoms with Crippen molar-refractivity contribution in [2.75, 3.05) is 0 Å². The molecule has 1 aromatic carbocycles. The highest BCUT2D eigenvalue weighted by Gasteiger charge is 2.09. The van der Waals surface area contributed by atoms with Crippen LogP contribution in [0.3, 0.4) is 0 Å². The molecule has 3 N–H and O–H groups in total. The zero-order valence-corrected chi connectivity index (χ0v) is 10.7. The fraction of sp³-hybridized carbons (Fsp3) is 0.357. The van der Waals surface area contributed by atoms with E-state index in [4.69, 9.17) is 5.84 Å². The number of hydrogen-bond acceptors (Lipinski definition) is 3. The number of nitrogens with zero attached hydrogens (tertiary/aromatic N) is 2. The molecule has 1 atom stereocenters. The van der Waals surface area contributed by atoms with Crippen LogP contribution in [0, 0.1) is 0 Å². The van der Waals surface area contributed by atoms with Gasteiger partial charge in [-0.1, -0.05) is 30.3 Å². The molecule has 2 rings (SSSR count). The van der Waals surface area contributed by atoms with Crippen molar-refractivity contribution in [3.05, 3.63) is 53.9 Å². The van der Waals surface area contributed by atoms with E-state index in [0.717, 1.165) is 19.3 Å². The first-order chi connectivity index (χ1) is 8.79. The highest BCUT2D eigenvalue weighted by Crippen LogP contribution is 2.09. The number of hydrogen-bond donors (Lipinski definition) is 2. The molecule has 18 heavy (non-hydrogen) atoms. The first kappa shape index (κ1) is 12.8. The maximum absolute atomic E-state index is 5.63. The third-order valence-corrected chi connectivity index (χ3v) is 3.23. The molecular formula is C14H20N4. The molecule has 2 aromatic rings. The van der Waals surface area contributed by atoms with Crippen LogP contribution < -0.4 is 11.3 Å². The van der Waals surface area contributed by atoms with Crippen molar-refractivity contribution in [1.82, 2.24) is 15.2 Å². The van der Waals surface area contributed by atoms with Gasteiger partial charge in [0.15, 0.2) is 0 Å². The molecule has 0 aliphatic heterocycles. The van der Waals surface area contributed by atoms with E-state index in [-0.39, 0.29) is 0 Å². The molecule has 0 bridgehead atoms. The summed E-state index contributed by atoms with van der Waals surface area (Å²) < 4.78 is 1.91. The van der Waals surface area contributed by atoms with Gasteiger partial charge in [0.25, 0.3) is 0 Å². The zero-order valence-electron chi connectivity index (χ0n) is 10.7. The molecule has 4 heteroatoms. The second-order valence-corrected chi connectivity index (χ2v) is 4.54. The standard InChI is InChI=1S/C14H20N4/c1-18-14(9-10-16-18)8-7-13(17-15)11-12-5-3-2-4-6-12/h2-6,9-10,13,17H,7-8,11,15H2,1H3. The Morgan fingerprint density at radius 1 is 1.28 bits per heavy atom. The minimum atomic E-state index is 0.294. The van der Waals surface area contributed by atoms with Crippen LogP contribution in [-0.4, -0.2) is 15.8 Å². The highest BCUT2D eigenvalue weighted by molar-refractivity contribution is 5.16. The molecule has 0 aliphatic carbocycles. The van der Waals surface area contributed by atoms with Gasteiger partial charge in [-0.05, 0) is 30.9 Å². The average molecular weight is 244 g/mol. The van der Waals surface area contributed by atoms with Gasteiger partial charge in [-0.25, -0.2) is 0 Å². The average Bonchev–Trinajstić information content (AvgIpc) is 2.81. The smallest absolute Gasteiger partial charge is 0.0492 e. The quantitative estimate of drug-likeness (QED) is 0.597. The molecule has 0 fully saturated rings. The molecule has 0 saturated heterocycles. The van der Waals surface area contributed by atoms with Crippen LogP contribution in [-0.2, 0) is 19.9 Å². The van der Waals surface area contributed by atoms with E-state index in [1.54, 1.807) is 0 Å². The summed E-state index contributed by atoms with van der Waals surface area (Å²) in [6.07, 6.45) is 4.77. The number of hydrazine groups is 1. The topological polar surface area (TPSA) is 55.9 Å². The van der Waals surface area contributed by atoms with Gasteiger partial charge in [0.2, 0.25) is 0 Å². The molecule has 0 aliphatic rings. The lowest BCUT2D eigenvalue weighted by atomic mass is 10.0. The molecular weight excluding hydrogens is 224 g/mol. The number of nitrogens with one attached hydrogen (secondary N) is 1. The Morgan fingerprint density at radius 3 is 2.67 bits per heavy atom. The van der Waals surface area contributed by atoms with Crippen LogP contribution in [0.5, 0.6) is 0 Å². The van der Waals surface area contributed by atoms with E-state index in [0.29, 0.717) is 6.04 Å². The number of aryl methyl sites for hydroxylation is 2. The molecule has 0 spiro atoms. The summed E-state index contributed by atoms with van der Waals surface area (Å²) in [5.74, 6) is 5.63. The summed E-state index contributed by atoms with van der Waals surface area (Å²) in [6, 6.07) is 12.8. The monoisotopic (exact) mass is 244 g/mol. The molecule has 1 heterocycles. The predicted molar refractivity (Wildman–Crippen MR) is 72.8 cm³/mol. The maximum atomic E-state index is 5.63. The molecule has 0 radical (unpaired) electrons. The largest absolute Gasteiger partial charge is 0.273 e. The lowest BCUT2D eigenvalue weighted by Gasteiger charge is -2.15. The summed E-state index contributed by atoms with van der Waals surface area (Å²) in [4.78, 5) is 0. The van der Waals surface area contributed by atoms with Crippen molar-refractivity contribution in [2.45, 2.75) is 25.3 Å². The molecule has 1 aromatic heterocycles. The van der Waals surface area contributed by atoms with Gasteiger partial charge in [-0.3, -0.25) is 16.0 Å². The van der Waals surface area contributed by atoms with Gasteiger partial charge < -0.3 is 0 Å². The van der Waals surface area contributed by atoms with Crippen LogP contribution in [0.4, 0.5) is 0 Å². The Hall–Kier alpha value is -1.65. The van der Waals surface area contributed by atoms with Crippen LogP contribution in [0.2, 0.25) is 0 Å². The summed E-state index contributed by atoms with van der Waals surface area (Å²) in [6.45, 7) is 0. The van der Waals surface area contributed by atoms with Gasteiger partial charge in [-0.15, -0.1) is 0 Å². The van der Waals surface area contributed by atoms with Crippen molar-refractivity contribution in [3.63, 3.8) is 0 Å². The number of nitrogens with two attached hydrogens (primary N) is 1. The second kappa shape index (κ2) is 6.33. The lowest BCUT2D eigenvalue weighted by Crippen LogP contribution is -2.37. The molecule has 1 unspecified atom stereocenters. The molecule has 0 amide bonds. The fourth-order valence-corrected chi connectivity index (χ4v) is 2.11. The minimum Gasteiger partial charge on any atom is -0.273 e. The van der Waals surface area contributed by atoms with Crippen LogP contribution in [0.1, 0.15) is 17.7 Å². The number of aromatic nitrogens is 2. The van der Waals surface area contributed by atoms with Crippen molar-refractivity contribution >= 4 is 0 Å². The van der Waals surface area contributed by atoms with Crippen LogP contribution in [0.15, 0.2) is 42.6 Å². The SMILES string of the molecule is Cn1nccc1CCC(Cc1ccccc1)NN. The second-order valence-electron chi connectivity index (χ2n) is 4.54. The Balaban J connectivity index is 1.88. The van der Waals surface area contributed by atoms with Gasteiger partial charge in [0, 0.05) is 25.0 Å². The fourth-order valence-electron chi connectivity index (χ4n) is 2.11. The predicted octanol–water partition coefficient (Wildman–Crippen LogP) is 1.43. The number of rotatable bonds is 6. The molecule has 4 nitrogen and oxygen atoms in total. The van der Waals surface area contributed by atoms with E-state index >= 15 is 0 Å². The first-order valence-corrected chi connectivity index (χ1v) is 6.26. The van der Waals surface area contributed by atoms with Crippen molar-refractivity contribution < 1.29 is 0 Å². The normalized spacial score (nSPS) is 12.6. The summed E-state index contributed by atoms with van der Waals surface area (Å²) in [5.41, 5.74) is 5.45. The van der Waals surface area contributed by atoms with Crippen LogP contribution >= 0.6 is 0 Å².